The first-order chi connectivity index (χ1) is 6.38. The van der Waals surface area contributed by atoms with Crippen molar-refractivity contribution in [1.82, 2.24) is 0 Å². The Kier molecular flexibility index (Phi) is 2.33. The molecule has 0 spiro atoms. The van der Waals surface area contributed by atoms with E-state index in [2.05, 4.69) is 9.47 Å². The lowest BCUT2D eigenvalue weighted by atomic mass is 9.87. The van der Waals surface area contributed by atoms with Gasteiger partial charge in [-0.2, -0.15) is 0 Å². The van der Waals surface area contributed by atoms with Gasteiger partial charge in [0.05, 0.1) is 0 Å². The van der Waals surface area contributed by atoms with Crippen LogP contribution >= 0.6 is 0 Å². The van der Waals surface area contributed by atoms with E-state index in [4.69, 9.17) is 11.5 Å². The second-order valence-corrected chi connectivity index (χ2v) is 2.88. The molecule has 1 radical (unpaired) electrons. The molecule has 1 fully saturated rings. The minimum atomic E-state index is -1.80. The number of hydrogen-bond acceptors (Lipinski definition) is 5. The monoisotopic (exact) mass is 201 g/mol. The lowest BCUT2D eigenvalue weighted by molar-refractivity contribution is -0.146. The number of carbonyl (C=O) groups excluding carboxylic acids is 3. The Hall–Kier alpha value is -1.79. The van der Waals surface area contributed by atoms with Crippen molar-refractivity contribution >= 4 is 18.0 Å². The molecule has 7 heteroatoms. The topological polar surface area (TPSA) is 122 Å². The maximum absolute atomic E-state index is 11.0. The van der Waals surface area contributed by atoms with Gasteiger partial charge >= 0.3 is 6.16 Å². The van der Waals surface area contributed by atoms with E-state index < -0.39 is 23.6 Å². The normalized spacial score (nSPS) is 27.6. The molecular weight excluding hydrogens is 192 g/mol. The van der Waals surface area contributed by atoms with Gasteiger partial charge in [0.25, 0.3) is 5.91 Å². The van der Waals surface area contributed by atoms with Crippen molar-refractivity contribution in [3.8, 4) is 0 Å². The van der Waals surface area contributed by atoms with E-state index in [-0.39, 0.29) is 12.5 Å². The van der Waals surface area contributed by atoms with Crippen LogP contribution in [0.3, 0.4) is 0 Å². The van der Waals surface area contributed by atoms with Crippen molar-refractivity contribution in [2.24, 2.45) is 11.5 Å². The molecule has 7 nitrogen and oxygen atoms in total. The maximum atomic E-state index is 11.0. The molecular formula is C7H9N2O5. The van der Waals surface area contributed by atoms with Gasteiger partial charge in [0.15, 0.2) is 5.92 Å². The Balaban J connectivity index is 3.00. The van der Waals surface area contributed by atoms with Gasteiger partial charge in [-0.1, -0.05) is 0 Å². The van der Waals surface area contributed by atoms with E-state index in [0.29, 0.717) is 0 Å². The fourth-order valence-corrected chi connectivity index (χ4v) is 1.03. The van der Waals surface area contributed by atoms with Gasteiger partial charge in [0, 0.05) is 0 Å². The van der Waals surface area contributed by atoms with Gasteiger partial charge in [-0.15, -0.1) is 0 Å². The van der Waals surface area contributed by atoms with Crippen molar-refractivity contribution < 1.29 is 23.9 Å². The molecule has 1 aliphatic rings. The molecule has 1 saturated heterocycles. The molecule has 1 heterocycles. The summed E-state index contributed by atoms with van der Waals surface area (Å²) in [6.45, 7) is 0.809. The fraction of sp³-hybridized carbons (Fsp3) is 0.429. The summed E-state index contributed by atoms with van der Waals surface area (Å²) >= 11 is 0. The molecule has 2 amide bonds. The van der Waals surface area contributed by atoms with E-state index in [1.165, 1.54) is 6.92 Å². The molecule has 1 rings (SSSR count). The van der Waals surface area contributed by atoms with E-state index in [9.17, 15) is 14.4 Å². The Morgan fingerprint density at radius 1 is 1.43 bits per heavy atom. The summed E-state index contributed by atoms with van der Waals surface area (Å²) in [6.07, 6.45) is -1.06. The summed E-state index contributed by atoms with van der Waals surface area (Å²) < 4.78 is 8.93. The van der Waals surface area contributed by atoms with E-state index in [1.54, 1.807) is 0 Å². The summed E-state index contributed by atoms with van der Waals surface area (Å²) in [6, 6.07) is 0. The largest absolute Gasteiger partial charge is 0.509 e. The van der Waals surface area contributed by atoms with Gasteiger partial charge in [-0.25, -0.2) is 4.79 Å². The average Bonchev–Trinajstić information content (AvgIpc) is 2.02. The quantitative estimate of drug-likeness (QED) is 0.524. The zero-order valence-corrected chi connectivity index (χ0v) is 7.40. The molecule has 0 aromatic carbocycles. The van der Waals surface area contributed by atoms with Crippen molar-refractivity contribution in [2.75, 3.05) is 6.61 Å². The zero-order chi connectivity index (χ0) is 10.9. The second-order valence-electron chi connectivity index (χ2n) is 2.88. The van der Waals surface area contributed by atoms with E-state index in [1.807, 2.05) is 0 Å². The highest BCUT2D eigenvalue weighted by Gasteiger charge is 2.52. The predicted molar refractivity (Wildman–Crippen MR) is 42.5 cm³/mol. The first kappa shape index (κ1) is 10.3. The van der Waals surface area contributed by atoms with Crippen LogP contribution in [0, 0.1) is 5.92 Å². The van der Waals surface area contributed by atoms with Crippen molar-refractivity contribution in [2.45, 2.75) is 12.5 Å². The van der Waals surface area contributed by atoms with Crippen molar-refractivity contribution in [3.63, 3.8) is 0 Å². The van der Waals surface area contributed by atoms with Crippen molar-refractivity contribution in [3.05, 3.63) is 5.92 Å². The summed E-state index contributed by atoms with van der Waals surface area (Å²) in [5.74, 6) is -2.04. The Morgan fingerprint density at radius 3 is 2.43 bits per heavy atom. The highest BCUT2D eigenvalue weighted by Crippen LogP contribution is 2.28. The number of rotatable bonds is 2. The molecule has 0 aromatic rings. The average molecular weight is 201 g/mol. The third-order valence-corrected chi connectivity index (χ3v) is 1.97. The molecule has 77 valence electrons. The number of ether oxygens (including phenoxy) is 2. The maximum Gasteiger partial charge on any atom is 0.509 e. The minimum absolute atomic E-state index is 0.176. The standard InChI is InChI=1S/C7H9N2O5/c1-7(5(9)11)3(4(8)10)2-13-6(12)14-7/h2H2,1H3,(H2,8,10)(H2,9,11). The lowest BCUT2D eigenvalue weighted by Gasteiger charge is -2.34. The smallest absolute Gasteiger partial charge is 0.433 e. The third kappa shape index (κ3) is 1.48. The number of cyclic esters (lactones) is 2. The lowest BCUT2D eigenvalue weighted by Crippen LogP contribution is -2.58. The van der Waals surface area contributed by atoms with Gasteiger partial charge in [0.2, 0.25) is 11.5 Å². The van der Waals surface area contributed by atoms with Crippen LogP contribution < -0.4 is 11.5 Å². The molecule has 4 N–H and O–H groups in total. The van der Waals surface area contributed by atoms with Crippen LogP contribution in [0.15, 0.2) is 0 Å². The minimum Gasteiger partial charge on any atom is -0.433 e. The first-order valence-electron chi connectivity index (χ1n) is 3.69. The summed E-state index contributed by atoms with van der Waals surface area (Å²) in [7, 11) is 0. The van der Waals surface area contributed by atoms with Gasteiger partial charge < -0.3 is 20.9 Å². The van der Waals surface area contributed by atoms with E-state index in [0.717, 1.165) is 0 Å². The Morgan fingerprint density at radius 2 is 2.00 bits per heavy atom. The molecule has 1 aliphatic heterocycles. The molecule has 0 saturated carbocycles. The van der Waals surface area contributed by atoms with Gasteiger partial charge in [-0.05, 0) is 6.92 Å². The van der Waals surface area contributed by atoms with Crippen molar-refractivity contribution in [1.29, 1.82) is 0 Å². The Labute approximate surface area is 79.3 Å². The SMILES string of the molecule is CC1(C(N)=O)OC(=O)OC[C]1C(N)=O. The molecule has 0 bridgehead atoms. The van der Waals surface area contributed by atoms with Crippen LogP contribution in [0.4, 0.5) is 4.79 Å². The highest BCUT2D eigenvalue weighted by molar-refractivity contribution is 6.02. The fourth-order valence-electron chi connectivity index (χ4n) is 1.03. The van der Waals surface area contributed by atoms with Crippen LogP contribution in [0.25, 0.3) is 0 Å². The van der Waals surface area contributed by atoms with Crippen LogP contribution in [-0.4, -0.2) is 30.2 Å². The van der Waals surface area contributed by atoms with Gasteiger partial charge in [0.1, 0.15) is 6.61 Å². The van der Waals surface area contributed by atoms with E-state index >= 15 is 0 Å². The van der Waals surface area contributed by atoms with Crippen LogP contribution in [0.5, 0.6) is 0 Å². The predicted octanol–water partition coefficient (Wildman–Crippen LogP) is -1.54. The van der Waals surface area contributed by atoms with Gasteiger partial charge in [-0.3, -0.25) is 9.59 Å². The molecule has 1 unspecified atom stereocenters. The highest BCUT2D eigenvalue weighted by atomic mass is 16.7. The number of carbonyl (C=O) groups is 3. The van der Waals surface area contributed by atoms with Crippen LogP contribution in [-0.2, 0) is 19.1 Å². The third-order valence-electron chi connectivity index (χ3n) is 1.97. The number of primary amides is 2. The summed E-state index contributed by atoms with van der Waals surface area (Å²) in [5, 5.41) is 0. The molecule has 0 aliphatic carbocycles. The molecule has 0 aromatic heterocycles. The van der Waals surface area contributed by atoms with Crippen LogP contribution in [0.2, 0.25) is 0 Å². The zero-order valence-electron chi connectivity index (χ0n) is 7.40. The molecule has 1 atom stereocenters. The Bertz CT molecular complexity index is 302. The summed E-state index contributed by atoms with van der Waals surface area (Å²) in [5.41, 5.74) is 8.16. The molecule has 14 heavy (non-hydrogen) atoms. The number of amides is 2. The summed E-state index contributed by atoms with van der Waals surface area (Å²) in [4.78, 5) is 32.6. The number of hydrogen-bond donors (Lipinski definition) is 2. The number of nitrogens with two attached hydrogens (primary N) is 2. The second kappa shape index (κ2) is 3.17. The van der Waals surface area contributed by atoms with Crippen LogP contribution in [0.1, 0.15) is 6.92 Å². The first-order valence-corrected chi connectivity index (χ1v) is 3.69.